The normalized spacial score (nSPS) is 23.7. The van der Waals surface area contributed by atoms with Crippen molar-refractivity contribution in [3.8, 4) is 11.5 Å². The van der Waals surface area contributed by atoms with E-state index < -0.39 is 0 Å². The Balaban J connectivity index is 2.32. The van der Waals surface area contributed by atoms with Gasteiger partial charge in [-0.25, -0.2) is 0 Å². The topological polar surface area (TPSA) is 44.5 Å². The molecule has 15 heavy (non-hydrogen) atoms. The largest absolute Gasteiger partial charge is 0.493 e. The number of benzene rings is 1. The van der Waals surface area contributed by atoms with Crippen LogP contribution >= 0.6 is 0 Å². The third-order valence-electron chi connectivity index (χ3n) is 2.75. The summed E-state index contributed by atoms with van der Waals surface area (Å²) < 4.78 is 10.9. The second-order valence-electron chi connectivity index (χ2n) is 3.82. The molecule has 0 spiro atoms. The minimum absolute atomic E-state index is 0.288. The zero-order chi connectivity index (χ0) is 10.8. The zero-order valence-corrected chi connectivity index (χ0v) is 9.19. The van der Waals surface area contributed by atoms with Crippen LogP contribution in [0.5, 0.6) is 11.5 Å². The summed E-state index contributed by atoms with van der Waals surface area (Å²) in [5.41, 5.74) is 7.03. The first kappa shape index (κ1) is 10.3. The van der Waals surface area contributed by atoms with Crippen LogP contribution < -0.4 is 15.2 Å². The van der Waals surface area contributed by atoms with Gasteiger partial charge >= 0.3 is 0 Å². The minimum atomic E-state index is 0.288. The maximum Gasteiger partial charge on any atom is 0.164 e. The molecule has 3 heteroatoms. The third kappa shape index (κ3) is 1.92. The van der Waals surface area contributed by atoms with E-state index >= 15 is 0 Å². The lowest BCUT2D eigenvalue weighted by Gasteiger charge is -2.13. The summed E-state index contributed by atoms with van der Waals surface area (Å²) >= 11 is 0. The molecule has 2 atom stereocenters. The molecule has 1 fully saturated rings. The Morgan fingerprint density at radius 2 is 2.20 bits per heavy atom. The first-order valence-electron chi connectivity index (χ1n) is 5.33. The highest BCUT2D eigenvalue weighted by molar-refractivity contribution is 5.50. The molecule has 0 aliphatic heterocycles. The Morgan fingerprint density at radius 3 is 2.73 bits per heavy atom. The van der Waals surface area contributed by atoms with E-state index in [0.717, 1.165) is 17.9 Å². The van der Waals surface area contributed by atoms with Gasteiger partial charge in [-0.05, 0) is 19.4 Å². The molecular weight excluding hydrogens is 190 g/mol. The van der Waals surface area contributed by atoms with Gasteiger partial charge in [-0.3, -0.25) is 0 Å². The Morgan fingerprint density at radius 1 is 1.47 bits per heavy atom. The third-order valence-corrected chi connectivity index (χ3v) is 2.75. The lowest BCUT2D eigenvalue weighted by atomic mass is 10.1. The molecule has 1 aromatic carbocycles. The predicted molar refractivity (Wildman–Crippen MR) is 59.5 cm³/mol. The number of hydrogen-bond acceptors (Lipinski definition) is 3. The van der Waals surface area contributed by atoms with Gasteiger partial charge in [0.25, 0.3) is 0 Å². The molecule has 1 aromatic rings. The van der Waals surface area contributed by atoms with Crippen molar-refractivity contribution in [3.63, 3.8) is 0 Å². The van der Waals surface area contributed by atoms with E-state index in [-0.39, 0.29) is 6.04 Å². The average molecular weight is 207 g/mol. The monoisotopic (exact) mass is 207 g/mol. The van der Waals surface area contributed by atoms with Gasteiger partial charge in [-0.15, -0.1) is 0 Å². The van der Waals surface area contributed by atoms with Gasteiger partial charge in [-0.1, -0.05) is 12.1 Å². The smallest absolute Gasteiger partial charge is 0.164 e. The molecule has 0 saturated heterocycles. The number of para-hydroxylation sites is 1. The molecule has 0 bridgehead atoms. The highest BCUT2D eigenvalue weighted by Gasteiger charge is 2.37. The lowest BCUT2D eigenvalue weighted by Crippen LogP contribution is -2.03. The lowest BCUT2D eigenvalue weighted by molar-refractivity contribution is 0.309. The highest BCUT2D eigenvalue weighted by Crippen LogP contribution is 2.46. The Labute approximate surface area is 90.2 Å². The first-order chi connectivity index (χ1) is 7.27. The highest BCUT2D eigenvalue weighted by atomic mass is 16.5. The van der Waals surface area contributed by atoms with Crippen LogP contribution in [0.4, 0.5) is 0 Å². The molecule has 0 heterocycles. The Hall–Kier alpha value is -1.22. The molecule has 1 aliphatic rings. The van der Waals surface area contributed by atoms with Gasteiger partial charge in [0.05, 0.1) is 13.7 Å². The van der Waals surface area contributed by atoms with Crippen LogP contribution in [-0.4, -0.2) is 19.8 Å². The SMILES string of the molecule is CCOc1cccc([C@@H]2C[C@H]2N)c1OC. The van der Waals surface area contributed by atoms with Crippen LogP contribution in [-0.2, 0) is 0 Å². The van der Waals surface area contributed by atoms with Crippen molar-refractivity contribution in [1.82, 2.24) is 0 Å². The summed E-state index contributed by atoms with van der Waals surface area (Å²) in [6.07, 6.45) is 1.05. The van der Waals surface area contributed by atoms with E-state index in [1.54, 1.807) is 7.11 Å². The van der Waals surface area contributed by atoms with Gasteiger partial charge in [0.1, 0.15) is 0 Å². The number of hydrogen-bond donors (Lipinski definition) is 1. The van der Waals surface area contributed by atoms with Gasteiger partial charge in [-0.2, -0.15) is 0 Å². The standard InChI is InChI=1S/C12H17NO2/c1-3-15-11-6-4-5-8(12(11)14-2)9-7-10(9)13/h4-6,9-10H,3,7,13H2,1-2H3/t9-,10+/m0/s1. The van der Waals surface area contributed by atoms with E-state index in [1.165, 1.54) is 5.56 Å². The van der Waals surface area contributed by atoms with Crippen LogP contribution in [0.25, 0.3) is 0 Å². The van der Waals surface area contributed by atoms with Crippen molar-refractivity contribution in [1.29, 1.82) is 0 Å². The number of rotatable bonds is 4. The summed E-state index contributed by atoms with van der Waals surface area (Å²) in [5, 5.41) is 0. The molecule has 0 radical (unpaired) electrons. The molecular formula is C12H17NO2. The van der Waals surface area contributed by atoms with E-state index in [0.29, 0.717) is 12.5 Å². The van der Waals surface area contributed by atoms with Crippen molar-refractivity contribution >= 4 is 0 Å². The fraction of sp³-hybridized carbons (Fsp3) is 0.500. The number of methoxy groups -OCH3 is 1. The van der Waals surface area contributed by atoms with Gasteiger partial charge in [0, 0.05) is 17.5 Å². The first-order valence-corrected chi connectivity index (χ1v) is 5.33. The van der Waals surface area contributed by atoms with Crippen LogP contribution in [0.3, 0.4) is 0 Å². The molecule has 82 valence electrons. The fourth-order valence-corrected chi connectivity index (χ4v) is 1.88. The second-order valence-corrected chi connectivity index (χ2v) is 3.82. The van der Waals surface area contributed by atoms with Crippen molar-refractivity contribution in [3.05, 3.63) is 23.8 Å². The van der Waals surface area contributed by atoms with Crippen molar-refractivity contribution < 1.29 is 9.47 Å². The van der Waals surface area contributed by atoms with E-state index in [4.69, 9.17) is 15.2 Å². The average Bonchev–Trinajstić information content (AvgIpc) is 2.95. The summed E-state index contributed by atoms with van der Waals surface area (Å²) in [5.74, 6) is 2.11. The number of nitrogens with two attached hydrogens (primary N) is 1. The van der Waals surface area contributed by atoms with Gasteiger partial charge in [0.15, 0.2) is 11.5 Å². The van der Waals surface area contributed by atoms with Crippen molar-refractivity contribution in [2.75, 3.05) is 13.7 Å². The molecule has 0 unspecified atom stereocenters. The zero-order valence-electron chi connectivity index (χ0n) is 9.19. The van der Waals surface area contributed by atoms with Crippen LogP contribution in [0.1, 0.15) is 24.8 Å². The van der Waals surface area contributed by atoms with Crippen LogP contribution in [0, 0.1) is 0 Å². The molecule has 1 saturated carbocycles. The molecule has 3 nitrogen and oxygen atoms in total. The predicted octanol–water partition coefficient (Wildman–Crippen LogP) is 1.91. The van der Waals surface area contributed by atoms with Crippen molar-refractivity contribution in [2.45, 2.75) is 25.3 Å². The Bertz CT molecular complexity index is 351. The molecule has 2 N–H and O–H groups in total. The molecule has 2 rings (SSSR count). The van der Waals surface area contributed by atoms with E-state index in [9.17, 15) is 0 Å². The number of ether oxygens (including phenoxy) is 2. The van der Waals surface area contributed by atoms with Gasteiger partial charge in [0.2, 0.25) is 0 Å². The second kappa shape index (κ2) is 4.11. The molecule has 0 aromatic heterocycles. The minimum Gasteiger partial charge on any atom is -0.493 e. The van der Waals surface area contributed by atoms with Crippen molar-refractivity contribution in [2.24, 2.45) is 5.73 Å². The Kier molecular flexibility index (Phi) is 2.82. The fourth-order valence-electron chi connectivity index (χ4n) is 1.88. The van der Waals surface area contributed by atoms with E-state index in [1.807, 2.05) is 19.1 Å². The summed E-state index contributed by atoms with van der Waals surface area (Å²) in [6, 6.07) is 6.28. The molecule has 1 aliphatic carbocycles. The van der Waals surface area contributed by atoms with Gasteiger partial charge < -0.3 is 15.2 Å². The van der Waals surface area contributed by atoms with Crippen LogP contribution in [0.2, 0.25) is 0 Å². The summed E-state index contributed by atoms with van der Waals surface area (Å²) in [4.78, 5) is 0. The van der Waals surface area contributed by atoms with E-state index in [2.05, 4.69) is 6.07 Å². The molecule has 0 amide bonds. The van der Waals surface area contributed by atoms with Crippen LogP contribution in [0.15, 0.2) is 18.2 Å². The summed E-state index contributed by atoms with van der Waals surface area (Å²) in [7, 11) is 1.68. The quantitative estimate of drug-likeness (QED) is 0.820. The maximum absolute atomic E-state index is 5.85. The maximum atomic E-state index is 5.85. The summed E-state index contributed by atoms with van der Waals surface area (Å²) in [6.45, 7) is 2.62.